The third-order valence-electron chi connectivity index (χ3n) is 2.57. The monoisotopic (exact) mass is 222 g/mol. The SMILES string of the molecule is C=CC(C)c1cc(OC)c(OC)c(OC)c1. The minimum Gasteiger partial charge on any atom is -0.493 e. The first-order valence-electron chi connectivity index (χ1n) is 5.10. The Bertz CT molecular complexity index is 346. The molecule has 0 aliphatic rings. The molecule has 1 atom stereocenters. The van der Waals surface area contributed by atoms with Crippen LogP contribution in [0.2, 0.25) is 0 Å². The van der Waals surface area contributed by atoms with Crippen LogP contribution in [0.1, 0.15) is 18.4 Å². The van der Waals surface area contributed by atoms with Gasteiger partial charge in [-0.1, -0.05) is 13.0 Å². The van der Waals surface area contributed by atoms with Gasteiger partial charge in [-0.15, -0.1) is 6.58 Å². The van der Waals surface area contributed by atoms with Crippen LogP contribution in [0.25, 0.3) is 0 Å². The Labute approximate surface area is 96.6 Å². The van der Waals surface area contributed by atoms with Crippen molar-refractivity contribution in [3.8, 4) is 17.2 Å². The highest BCUT2D eigenvalue weighted by molar-refractivity contribution is 5.54. The Morgan fingerprint density at radius 3 is 1.88 bits per heavy atom. The molecule has 0 N–H and O–H groups in total. The average Bonchev–Trinajstić information content (AvgIpc) is 2.35. The van der Waals surface area contributed by atoms with Crippen LogP contribution in [0.5, 0.6) is 17.2 Å². The quantitative estimate of drug-likeness (QED) is 0.717. The van der Waals surface area contributed by atoms with Crippen LogP contribution in [-0.4, -0.2) is 21.3 Å². The minimum atomic E-state index is 0.244. The summed E-state index contributed by atoms with van der Waals surface area (Å²) in [4.78, 5) is 0. The summed E-state index contributed by atoms with van der Waals surface area (Å²) in [7, 11) is 4.82. The summed E-state index contributed by atoms with van der Waals surface area (Å²) in [5.74, 6) is 2.20. The summed E-state index contributed by atoms with van der Waals surface area (Å²) in [6, 6.07) is 3.88. The summed E-state index contributed by atoms with van der Waals surface area (Å²) in [6.45, 7) is 5.84. The van der Waals surface area contributed by atoms with Crippen molar-refractivity contribution in [2.24, 2.45) is 0 Å². The molecule has 3 heteroatoms. The predicted octanol–water partition coefficient (Wildman–Crippen LogP) is 3.00. The van der Waals surface area contributed by atoms with Crippen molar-refractivity contribution in [1.82, 2.24) is 0 Å². The molecule has 0 radical (unpaired) electrons. The van der Waals surface area contributed by atoms with Gasteiger partial charge in [-0.25, -0.2) is 0 Å². The van der Waals surface area contributed by atoms with Crippen molar-refractivity contribution in [3.05, 3.63) is 30.4 Å². The second-order valence-corrected chi connectivity index (χ2v) is 3.48. The lowest BCUT2D eigenvalue weighted by atomic mass is 10.0. The zero-order chi connectivity index (χ0) is 12.1. The third-order valence-corrected chi connectivity index (χ3v) is 2.57. The second kappa shape index (κ2) is 5.45. The highest BCUT2D eigenvalue weighted by atomic mass is 16.5. The smallest absolute Gasteiger partial charge is 0.203 e. The van der Waals surface area contributed by atoms with E-state index in [1.165, 1.54) is 0 Å². The van der Waals surface area contributed by atoms with E-state index in [1.54, 1.807) is 21.3 Å². The van der Waals surface area contributed by atoms with E-state index in [9.17, 15) is 0 Å². The van der Waals surface area contributed by atoms with Gasteiger partial charge in [-0.3, -0.25) is 0 Å². The summed E-state index contributed by atoms with van der Waals surface area (Å²) < 4.78 is 15.8. The first kappa shape index (κ1) is 12.4. The van der Waals surface area contributed by atoms with Gasteiger partial charge < -0.3 is 14.2 Å². The highest BCUT2D eigenvalue weighted by Gasteiger charge is 2.14. The molecular weight excluding hydrogens is 204 g/mol. The molecule has 88 valence electrons. The Morgan fingerprint density at radius 2 is 1.56 bits per heavy atom. The molecular formula is C13H18O3. The molecule has 0 aliphatic heterocycles. The van der Waals surface area contributed by atoms with Gasteiger partial charge in [0.15, 0.2) is 11.5 Å². The molecule has 0 bridgehead atoms. The van der Waals surface area contributed by atoms with Crippen LogP contribution in [0.15, 0.2) is 24.8 Å². The zero-order valence-corrected chi connectivity index (χ0v) is 10.2. The van der Waals surface area contributed by atoms with E-state index in [0.29, 0.717) is 17.2 Å². The molecule has 0 saturated heterocycles. The van der Waals surface area contributed by atoms with E-state index in [4.69, 9.17) is 14.2 Å². The maximum atomic E-state index is 5.27. The van der Waals surface area contributed by atoms with E-state index in [-0.39, 0.29) is 5.92 Å². The van der Waals surface area contributed by atoms with Gasteiger partial charge in [0.2, 0.25) is 5.75 Å². The van der Waals surface area contributed by atoms with Crippen molar-refractivity contribution in [1.29, 1.82) is 0 Å². The summed E-state index contributed by atoms with van der Waals surface area (Å²) in [6.07, 6.45) is 1.88. The minimum absolute atomic E-state index is 0.244. The fraction of sp³-hybridized carbons (Fsp3) is 0.385. The number of benzene rings is 1. The highest BCUT2D eigenvalue weighted by Crippen LogP contribution is 2.40. The van der Waals surface area contributed by atoms with Crippen LogP contribution >= 0.6 is 0 Å². The molecule has 1 aromatic carbocycles. The predicted molar refractivity (Wildman–Crippen MR) is 64.7 cm³/mol. The van der Waals surface area contributed by atoms with E-state index in [1.807, 2.05) is 18.2 Å². The molecule has 16 heavy (non-hydrogen) atoms. The first-order chi connectivity index (χ1) is 7.67. The Hall–Kier alpha value is -1.64. The largest absolute Gasteiger partial charge is 0.493 e. The second-order valence-electron chi connectivity index (χ2n) is 3.48. The summed E-state index contributed by atoms with van der Waals surface area (Å²) in [5.41, 5.74) is 1.09. The number of rotatable bonds is 5. The molecule has 1 unspecified atom stereocenters. The Balaban J connectivity index is 3.30. The molecule has 0 saturated carbocycles. The van der Waals surface area contributed by atoms with Gasteiger partial charge >= 0.3 is 0 Å². The zero-order valence-electron chi connectivity index (χ0n) is 10.2. The summed E-state index contributed by atoms with van der Waals surface area (Å²) >= 11 is 0. The number of allylic oxidation sites excluding steroid dienone is 1. The van der Waals surface area contributed by atoms with Gasteiger partial charge in [-0.05, 0) is 23.6 Å². The van der Waals surface area contributed by atoms with Crippen LogP contribution in [0.3, 0.4) is 0 Å². The number of hydrogen-bond acceptors (Lipinski definition) is 3. The normalized spacial score (nSPS) is 11.8. The fourth-order valence-electron chi connectivity index (χ4n) is 1.50. The van der Waals surface area contributed by atoms with Crippen molar-refractivity contribution in [2.45, 2.75) is 12.8 Å². The van der Waals surface area contributed by atoms with Crippen LogP contribution in [-0.2, 0) is 0 Å². The molecule has 3 nitrogen and oxygen atoms in total. The molecule has 0 aliphatic carbocycles. The molecule has 0 fully saturated rings. The standard InChI is InChI=1S/C13H18O3/c1-6-9(2)10-7-11(14-3)13(16-5)12(8-10)15-4/h6-9H,1H2,2-5H3. The number of ether oxygens (including phenoxy) is 3. The van der Waals surface area contributed by atoms with Gasteiger partial charge in [0.1, 0.15) is 0 Å². The molecule has 1 aromatic rings. The molecule has 0 aromatic heterocycles. The van der Waals surface area contributed by atoms with Gasteiger partial charge in [0.05, 0.1) is 21.3 Å². The maximum Gasteiger partial charge on any atom is 0.203 e. The van der Waals surface area contributed by atoms with Crippen molar-refractivity contribution in [3.63, 3.8) is 0 Å². The first-order valence-corrected chi connectivity index (χ1v) is 5.10. The Kier molecular flexibility index (Phi) is 4.23. The van der Waals surface area contributed by atoms with Crippen molar-refractivity contribution >= 4 is 0 Å². The number of hydrogen-bond donors (Lipinski definition) is 0. The van der Waals surface area contributed by atoms with Gasteiger partial charge in [-0.2, -0.15) is 0 Å². The van der Waals surface area contributed by atoms with Crippen molar-refractivity contribution in [2.75, 3.05) is 21.3 Å². The Morgan fingerprint density at radius 1 is 1.06 bits per heavy atom. The van der Waals surface area contributed by atoms with Crippen LogP contribution < -0.4 is 14.2 Å². The van der Waals surface area contributed by atoms with E-state index < -0.39 is 0 Å². The lowest BCUT2D eigenvalue weighted by Crippen LogP contribution is -1.98. The lowest BCUT2D eigenvalue weighted by molar-refractivity contribution is 0.323. The molecule has 0 heterocycles. The lowest BCUT2D eigenvalue weighted by Gasteiger charge is -2.15. The average molecular weight is 222 g/mol. The topological polar surface area (TPSA) is 27.7 Å². The van der Waals surface area contributed by atoms with E-state index >= 15 is 0 Å². The van der Waals surface area contributed by atoms with Crippen LogP contribution in [0.4, 0.5) is 0 Å². The van der Waals surface area contributed by atoms with Gasteiger partial charge in [0.25, 0.3) is 0 Å². The van der Waals surface area contributed by atoms with E-state index in [2.05, 4.69) is 13.5 Å². The van der Waals surface area contributed by atoms with Crippen LogP contribution in [0, 0.1) is 0 Å². The maximum absolute atomic E-state index is 5.27. The molecule has 0 amide bonds. The number of methoxy groups -OCH3 is 3. The third kappa shape index (κ3) is 2.30. The summed E-state index contributed by atoms with van der Waals surface area (Å²) in [5, 5.41) is 0. The van der Waals surface area contributed by atoms with E-state index in [0.717, 1.165) is 5.56 Å². The van der Waals surface area contributed by atoms with Crippen molar-refractivity contribution < 1.29 is 14.2 Å². The fourth-order valence-corrected chi connectivity index (χ4v) is 1.50. The molecule has 0 spiro atoms. The molecule has 1 rings (SSSR count). The van der Waals surface area contributed by atoms with Gasteiger partial charge in [0, 0.05) is 0 Å².